The molecular formula is C21H30N4O5. The van der Waals surface area contributed by atoms with E-state index in [2.05, 4.69) is 15.3 Å². The van der Waals surface area contributed by atoms with Crippen LogP contribution >= 0.6 is 0 Å². The van der Waals surface area contributed by atoms with E-state index in [0.717, 1.165) is 11.5 Å². The maximum absolute atomic E-state index is 11.0. The summed E-state index contributed by atoms with van der Waals surface area (Å²) in [6.07, 6.45) is 2.11. The molecule has 0 amide bonds. The number of hydrogen-bond acceptors (Lipinski definition) is 8. The minimum Gasteiger partial charge on any atom is -0.550 e. The van der Waals surface area contributed by atoms with Gasteiger partial charge in [0.2, 0.25) is 11.8 Å². The summed E-state index contributed by atoms with van der Waals surface area (Å²) in [7, 11) is 7.57. The Hall–Kier alpha value is -3.07. The van der Waals surface area contributed by atoms with E-state index in [1.165, 1.54) is 0 Å². The number of carboxylic acids is 1. The molecule has 0 aliphatic carbocycles. The molecular weight excluding hydrogens is 388 g/mol. The van der Waals surface area contributed by atoms with Crippen molar-refractivity contribution in [2.45, 2.75) is 18.9 Å². The highest BCUT2D eigenvalue weighted by Gasteiger charge is 2.19. The number of ether oxygens (including phenoxy) is 3. The van der Waals surface area contributed by atoms with E-state index >= 15 is 0 Å². The number of hydrogen-bond donors (Lipinski definition) is 1. The number of aromatic nitrogens is 2. The number of likely N-dealkylation sites (N-methyl/N-ethyl adjacent to an activating group) is 1. The third-order valence-corrected chi connectivity index (χ3v) is 4.01. The first-order valence-electron chi connectivity index (χ1n) is 9.75. The lowest BCUT2D eigenvalue weighted by Gasteiger charge is -2.30. The Morgan fingerprint density at radius 2 is 1.77 bits per heavy atom. The molecule has 0 saturated carbocycles. The van der Waals surface area contributed by atoms with Crippen molar-refractivity contribution >= 4 is 11.9 Å². The molecule has 1 atom stereocenters. The number of aliphatic carboxylic acids is 1. The van der Waals surface area contributed by atoms with Gasteiger partial charge in [-0.3, -0.25) is 0 Å². The smallest absolute Gasteiger partial charge is 0.226 e. The van der Waals surface area contributed by atoms with Crippen molar-refractivity contribution < 1.29 is 28.6 Å². The molecule has 0 bridgehead atoms. The maximum Gasteiger partial charge on any atom is 0.226 e. The van der Waals surface area contributed by atoms with Crippen LogP contribution in [0.3, 0.4) is 0 Å². The first-order chi connectivity index (χ1) is 14.2. The minimum atomic E-state index is -1.12. The normalized spacial score (nSPS) is 12.1. The van der Waals surface area contributed by atoms with Crippen molar-refractivity contribution in [1.29, 1.82) is 0 Å². The molecule has 164 valence electrons. The Morgan fingerprint density at radius 1 is 1.10 bits per heavy atom. The average molecular weight is 418 g/mol. The molecule has 1 unspecified atom stereocenters. The summed E-state index contributed by atoms with van der Waals surface area (Å²) in [4.78, 5) is 19.5. The zero-order valence-electron chi connectivity index (χ0n) is 18.0. The van der Waals surface area contributed by atoms with Crippen LogP contribution in [0, 0.1) is 0 Å². The number of benzene rings is 1. The lowest BCUT2D eigenvalue weighted by atomic mass is 10.2. The molecule has 30 heavy (non-hydrogen) atoms. The van der Waals surface area contributed by atoms with E-state index in [4.69, 9.17) is 14.2 Å². The Morgan fingerprint density at radius 3 is 2.40 bits per heavy atom. The van der Waals surface area contributed by atoms with Gasteiger partial charge in [0.25, 0.3) is 0 Å². The second-order valence-electron chi connectivity index (χ2n) is 7.83. The monoisotopic (exact) mass is 418 g/mol. The summed E-state index contributed by atoms with van der Waals surface area (Å²) in [5.74, 6) is 1.16. The van der Waals surface area contributed by atoms with Crippen LogP contribution < -0.4 is 24.6 Å². The highest BCUT2D eigenvalue weighted by atomic mass is 16.5. The van der Waals surface area contributed by atoms with E-state index in [9.17, 15) is 9.90 Å². The summed E-state index contributed by atoms with van der Waals surface area (Å²) in [5.41, 5.74) is 0. The van der Waals surface area contributed by atoms with E-state index < -0.39 is 5.97 Å². The first-order valence-corrected chi connectivity index (χ1v) is 9.75. The fourth-order valence-corrected chi connectivity index (χ4v) is 2.80. The summed E-state index contributed by atoms with van der Waals surface area (Å²) in [5, 5.41) is 14.1. The van der Waals surface area contributed by atoms with Crippen LogP contribution in [0.4, 0.5) is 5.95 Å². The lowest BCUT2D eigenvalue weighted by Crippen LogP contribution is -2.46. The molecule has 0 saturated heterocycles. The maximum atomic E-state index is 11.0. The average Bonchev–Trinajstić information content (AvgIpc) is 2.66. The summed E-state index contributed by atoms with van der Waals surface area (Å²) in [6.45, 7) is 1.50. The number of carbonyl (C=O) groups is 1. The molecule has 0 aliphatic heterocycles. The van der Waals surface area contributed by atoms with Crippen molar-refractivity contribution in [2.24, 2.45) is 0 Å². The second kappa shape index (κ2) is 11.2. The van der Waals surface area contributed by atoms with Gasteiger partial charge < -0.3 is 33.9 Å². The largest absolute Gasteiger partial charge is 0.550 e. The summed E-state index contributed by atoms with van der Waals surface area (Å²) in [6, 6.07) is 8.68. The van der Waals surface area contributed by atoms with Gasteiger partial charge in [0, 0.05) is 31.1 Å². The van der Waals surface area contributed by atoms with Crippen molar-refractivity contribution in [1.82, 2.24) is 9.97 Å². The molecule has 0 aliphatic rings. The standard InChI is InChI=1S/C21H30N4O5/c1-25(2,3)15-16(14-20(26)27)23-21-22-11-10-19(24-21)30-13-5-12-29-18-8-6-17(28-4)7-9-18/h6-11,16H,5,12-15H2,1-4H3,(H-,22,23,24,26,27). The van der Waals surface area contributed by atoms with Crippen LogP contribution in [0.2, 0.25) is 0 Å². The van der Waals surface area contributed by atoms with Crippen LogP contribution in [0.5, 0.6) is 17.4 Å². The SMILES string of the molecule is COc1ccc(OCCCOc2ccnc(NC(CC(=O)[O-])C[N+](C)(C)C)n2)cc1. The number of anilines is 1. The number of rotatable bonds is 13. The Balaban J connectivity index is 1.80. The molecule has 9 nitrogen and oxygen atoms in total. The van der Waals surface area contributed by atoms with Crippen molar-refractivity contribution in [3.63, 3.8) is 0 Å². The van der Waals surface area contributed by atoms with Gasteiger partial charge in [-0.2, -0.15) is 4.98 Å². The van der Waals surface area contributed by atoms with Crippen LogP contribution in [-0.2, 0) is 4.79 Å². The molecule has 1 aromatic carbocycles. The van der Waals surface area contributed by atoms with Gasteiger partial charge in [0.1, 0.15) is 11.5 Å². The van der Waals surface area contributed by atoms with Crippen molar-refractivity contribution in [3.05, 3.63) is 36.5 Å². The van der Waals surface area contributed by atoms with Crippen LogP contribution in [0.25, 0.3) is 0 Å². The van der Waals surface area contributed by atoms with Gasteiger partial charge >= 0.3 is 0 Å². The van der Waals surface area contributed by atoms with Gasteiger partial charge in [0.05, 0.1) is 54.1 Å². The Bertz CT molecular complexity index is 793. The van der Waals surface area contributed by atoms with Crippen LogP contribution in [0.1, 0.15) is 12.8 Å². The molecule has 2 rings (SSSR count). The lowest BCUT2D eigenvalue weighted by molar-refractivity contribution is -0.870. The summed E-state index contributed by atoms with van der Waals surface area (Å²) < 4.78 is 17.0. The number of carboxylic acid groups (broad SMARTS) is 1. The zero-order chi connectivity index (χ0) is 22.0. The van der Waals surface area contributed by atoms with Gasteiger partial charge in [0.15, 0.2) is 0 Å². The quantitative estimate of drug-likeness (QED) is 0.379. The van der Waals surface area contributed by atoms with E-state index in [-0.39, 0.29) is 12.5 Å². The molecule has 2 aromatic rings. The van der Waals surface area contributed by atoms with Crippen LogP contribution in [-0.4, -0.2) is 74.5 Å². The van der Waals surface area contributed by atoms with E-state index in [0.29, 0.717) is 42.5 Å². The molecule has 1 N–H and O–H groups in total. The summed E-state index contributed by atoms with van der Waals surface area (Å²) >= 11 is 0. The van der Waals surface area contributed by atoms with Crippen molar-refractivity contribution in [2.75, 3.05) is 53.3 Å². The predicted octanol–water partition coefficient (Wildman–Crippen LogP) is 0.960. The van der Waals surface area contributed by atoms with E-state index in [1.807, 2.05) is 45.4 Å². The zero-order valence-corrected chi connectivity index (χ0v) is 18.0. The topological polar surface area (TPSA) is 106 Å². The third-order valence-electron chi connectivity index (χ3n) is 4.01. The molecule has 1 heterocycles. The van der Waals surface area contributed by atoms with Gasteiger partial charge in [-0.1, -0.05) is 0 Å². The third kappa shape index (κ3) is 8.95. The first kappa shape index (κ1) is 23.2. The number of methoxy groups -OCH3 is 1. The molecule has 0 radical (unpaired) electrons. The predicted molar refractivity (Wildman–Crippen MR) is 111 cm³/mol. The minimum absolute atomic E-state index is 0.132. The number of quaternary nitrogens is 1. The van der Waals surface area contributed by atoms with E-state index in [1.54, 1.807) is 19.4 Å². The number of nitrogens with one attached hydrogen (secondary N) is 1. The van der Waals surface area contributed by atoms with Crippen molar-refractivity contribution in [3.8, 4) is 17.4 Å². The number of nitrogens with zero attached hydrogens (tertiary/aromatic N) is 3. The molecule has 0 spiro atoms. The highest BCUT2D eigenvalue weighted by molar-refractivity contribution is 5.65. The molecule has 9 heteroatoms. The van der Waals surface area contributed by atoms with Gasteiger partial charge in [-0.05, 0) is 24.3 Å². The van der Waals surface area contributed by atoms with Crippen LogP contribution in [0.15, 0.2) is 36.5 Å². The highest BCUT2D eigenvalue weighted by Crippen LogP contribution is 2.17. The Labute approximate surface area is 177 Å². The second-order valence-corrected chi connectivity index (χ2v) is 7.83. The molecule has 0 fully saturated rings. The fourth-order valence-electron chi connectivity index (χ4n) is 2.80. The molecule has 1 aromatic heterocycles. The van der Waals surface area contributed by atoms with Gasteiger partial charge in [-0.15, -0.1) is 0 Å². The fraction of sp³-hybridized carbons (Fsp3) is 0.476. The van der Waals surface area contributed by atoms with Gasteiger partial charge in [-0.25, -0.2) is 4.98 Å². The number of carbonyl (C=O) groups excluding carboxylic acids is 1. The Kier molecular flexibility index (Phi) is 8.67.